The first-order chi connectivity index (χ1) is 9.01. The molecule has 7 heteroatoms. The number of esters is 3. The van der Waals surface area contributed by atoms with Gasteiger partial charge in [-0.3, -0.25) is 4.79 Å². The zero-order valence-electron chi connectivity index (χ0n) is 11.0. The Hall–Kier alpha value is -1.63. The number of aliphatic hydroxyl groups is 1. The van der Waals surface area contributed by atoms with E-state index in [0.29, 0.717) is 12.8 Å². The predicted octanol–water partition coefficient (Wildman–Crippen LogP) is -0.205. The first kappa shape index (κ1) is 15.4. The van der Waals surface area contributed by atoms with E-state index in [9.17, 15) is 19.5 Å². The van der Waals surface area contributed by atoms with Gasteiger partial charge in [-0.15, -0.1) is 0 Å². The molecule has 1 N–H and O–H groups in total. The molecule has 0 aromatic rings. The van der Waals surface area contributed by atoms with Crippen molar-refractivity contribution in [1.82, 2.24) is 0 Å². The van der Waals surface area contributed by atoms with Gasteiger partial charge in [-0.2, -0.15) is 0 Å². The van der Waals surface area contributed by atoms with Crippen molar-refractivity contribution in [2.24, 2.45) is 5.92 Å². The van der Waals surface area contributed by atoms with Crippen molar-refractivity contribution in [2.75, 3.05) is 13.2 Å². The van der Waals surface area contributed by atoms with Crippen molar-refractivity contribution >= 4 is 17.9 Å². The molecular formula is C12H18O7. The maximum Gasteiger partial charge on any atom is 0.350 e. The van der Waals surface area contributed by atoms with E-state index in [1.165, 1.54) is 0 Å². The first-order valence-corrected chi connectivity index (χ1v) is 6.23. The molecular weight excluding hydrogens is 256 g/mol. The molecule has 0 spiro atoms. The van der Waals surface area contributed by atoms with Gasteiger partial charge >= 0.3 is 17.9 Å². The lowest BCUT2D eigenvalue weighted by atomic mass is 10.2. The summed E-state index contributed by atoms with van der Waals surface area (Å²) in [6.45, 7) is 3.21. The minimum absolute atomic E-state index is 0.0437. The lowest BCUT2D eigenvalue weighted by molar-refractivity contribution is -0.184. The van der Waals surface area contributed by atoms with Crippen LogP contribution in [-0.4, -0.2) is 48.4 Å². The van der Waals surface area contributed by atoms with E-state index in [1.54, 1.807) is 13.8 Å². The summed E-state index contributed by atoms with van der Waals surface area (Å²) in [5.41, 5.74) is 0. The first-order valence-electron chi connectivity index (χ1n) is 6.23. The van der Waals surface area contributed by atoms with E-state index < -0.39 is 30.1 Å². The van der Waals surface area contributed by atoms with Gasteiger partial charge in [-0.1, -0.05) is 0 Å². The van der Waals surface area contributed by atoms with Crippen molar-refractivity contribution in [1.29, 1.82) is 0 Å². The molecule has 1 saturated carbocycles. The fraction of sp³-hybridized carbons (Fsp3) is 0.750. The number of carbonyl (C=O) groups excluding carboxylic acids is 3. The van der Waals surface area contributed by atoms with Gasteiger partial charge in [0.15, 0.2) is 6.10 Å². The average molecular weight is 274 g/mol. The normalized spacial score (nSPS) is 17.2. The number of rotatable bonds is 7. The van der Waals surface area contributed by atoms with Crippen LogP contribution >= 0.6 is 0 Å². The van der Waals surface area contributed by atoms with Crippen LogP contribution in [0.25, 0.3) is 0 Å². The molecule has 0 saturated heterocycles. The van der Waals surface area contributed by atoms with Gasteiger partial charge in [0.25, 0.3) is 0 Å². The number of aliphatic hydroxyl groups excluding tert-OH is 1. The molecule has 0 aliphatic heterocycles. The molecule has 0 aromatic heterocycles. The molecule has 0 amide bonds. The van der Waals surface area contributed by atoms with Crippen molar-refractivity contribution in [3.63, 3.8) is 0 Å². The van der Waals surface area contributed by atoms with Crippen LogP contribution in [0.15, 0.2) is 0 Å². The Kier molecular flexibility index (Phi) is 5.75. The summed E-state index contributed by atoms with van der Waals surface area (Å²) in [6.07, 6.45) is -2.18. The summed E-state index contributed by atoms with van der Waals surface area (Å²) in [5, 5.41) is 9.70. The number of ether oxygens (including phenoxy) is 3. The highest BCUT2D eigenvalue weighted by atomic mass is 16.6. The highest BCUT2D eigenvalue weighted by Crippen LogP contribution is 2.30. The lowest BCUT2D eigenvalue weighted by Gasteiger charge is -2.20. The second kappa shape index (κ2) is 7.08. The minimum atomic E-state index is -1.87. The second-order valence-corrected chi connectivity index (χ2v) is 4.08. The molecule has 0 aromatic carbocycles. The molecule has 7 nitrogen and oxygen atoms in total. The monoisotopic (exact) mass is 274 g/mol. The Morgan fingerprint density at radius 3 is 2.11 bits per heavy atom. The second-order valence-electron chi connectivity index (χ2n) is 4.08. The molecule has 0 bridgehead atoms. The number of hydrogen-bond acceptors (Lipinski definition) is 7. The molecule has 108 valence electrons. The number of hydrogen-bond donors (Lipinski definition) is 1. The molecule has 0 radical (unpaired) electrons. The predicted molar refractivity (Wildman–Crippen MR) is 61.9 cm³/mol. The van der Waals surface area contributed by atoms with E-state index in [-0.39, 0.29) is 19.1 Å². The van der Waals surface area contributed by atoms with Crippen LogP contribution in [0.3, 0.4) is 0 Å². The Morgan fingerprint density at radius 2 is 1.63 bits per heavy atom. The zero-order valence-corrected chi connectivity index (χ0v) is 11.0. The summed E-state index contributed by atoms with van der Waals surface area (Å²) in [6, 6.07) is 0. The van der Waals surface area contributed by atoms with Gasteiger partial charge in [-0.25, -0.2) is 9.59 Å². The lowest BCUT2D eigenvalue weighted by Crippen LogP contribution is -2.45. The highest BCUT2D eigenvalue weighted by molar-refractivity contribution is 5.88. The maximum atomic E-state index is 11.6. The Morgan fingerprint density at radius 1 is 1.11 bits per heavy atom. The zero-order chi connectivity index (χ0) is 14.4. The number of carbonyl (C=O) groups is 3. The largest absolute Gasteiger partial charge is 0.464 e. The smallest absolute Gasteiger partial charge is 0.350 e. The molecule has 0 unspecified atom stereocenters. The maximum absolute atomic E-state index is 11.6. The molecule has 1 fully saturated rings. The molecule has 2 atom stereocenters. The van der Waals surface area contributed by atoms with Gasteiger partial charge in [0.2, 0.25) is 6.10 Å². The summed E-state index contributed by atoms with van der Waals surface area (Å²) in [4.78, 5) is 34.5. The fourth-order valence-electron chi connectivity index (χ4n) is 1.36. The molecule has 1 rings (SSSR count). The van der Waals surface area contributed by atoms with Gasteiger partial charge in [-0.05, 0) is 26.7 Å². The molecule has 1 aliphatic rings. The minimum Gasteiger partial charge on any atom is -0.464 e. The van der Waals surface area contributed by atoms with E-state index in [2.05, 4.69) is 9.47 Å². The Bertz CT molecular complexity index is 348. The van der Waals surface area contributed by atoms with Crippen LogP contribution in [0.5, 0.6) is 0 Å². The third-order valence-corrected chi connectivity index (χ3v) is 2.49. The van der Waals surface area contributed by atoms with Gasteiger partial charge in [0.05, 0.1) is 19.1 Å². The Balaban J connectivity index is 2.69. The third-order valence-electron chi connectivity index (χ3n) is 2.49. The van der Waals surface area contributed by atoms with Crippen LogP contribution in [0.4, 0.5) is 0 Å². The van der Waals surface area contributed by atoms with Gasteiger partial charge in [0.1, 0.15) is 0 Å². The van der Waals surface area contributed by atoms with E-state index in [4.69, 9.17) is 4.74 Å². The Labute approximate surface area is 110 Å². The van der Waals surface area contributed by atoms with E-state index in [1.807, 2.05) is 0 Å². The summed E-state index contributed by atoms with van der Waals surface area (Å²) in [5.74, 6) is -2.85. The fourth-order valence-corrected chi connectivity index (χ4v) is 1.36. The van der Waals surface area contributed by atoms with Crippen LogP contribution in [0.2, 0.25) is 0 Å². The van der Waals surface area contributed by atoms with Gasteiger partial charge < -0.3 is 19.3 Å². The molecule has 19 heavy (non-hydrogen) atoms. The summed E-state index contributed by atoms with van der Waals surface area (Å²) in [7, 11) is 0. The van der Waals surface area contributed by atoms with Crippen molar-refractivity contribution in [3.8, 4) is 0 Å². The van der Waals surface area contributed by atoms with E-state index in [0.717, 1.165) is 0 Å². The average Bonchev–Trinajstić information content (AvgIpc) is 3.19. The van der Waals surface area contributed by atoms with Crippen molar-refractivity contribution in [2.45, 2.75) is 38.9 Å². The third kappa shape index (κ3) is 4.51. The summed E-state index contributed by atoms with van der Waals surface area (Å²) < 4.78 is 14.1. The highest BCUT2D eigenvalue weighted by Gasteiger charge is 2.41. The van der Waals surface area contributed by atoms with Crippen molar-refractivity contribution in [3.05, 3.63) is 0 Å². The van der Waals surface area contributed by atoms with Crippen LogP contribution in [-0.2, 0) is 28.6 Å². The molecule has 0 heterocycles. The van der Waals surface area contributed by atoms with E-state index >= 15 is 0 Å². The topological polar surface area (TPSA) is 99.1 Å². The van der Waals surface area contributed by atoms with Crippen LogP contribution in [0.1, 0.15) is 26.7 Å². The van der Waals surface area contributed by atoms with Crippen LogP contribution in [0, 0.1) is 5.92 Å². The van der Waals surface area contributed by atoms with Gasteiger partial charge in [0, 0.05) is 0 Å². The quantitative estimate of drug-likeness (QED) is 0.506. The van der Waals surface area contributed by atoms with Crippen molar-refractivity contribution < 1.29 is 33.7 Å². The standard InChI is InChI=1S/C12H18O7/c1-3-17-11(15)8(13)9(12(16)18-4-2)19-10(14)7-5-6-7/h7-9,13H,3-6H2,1-2H3/t8-,9-/m1/s1. The SMILES string of the molecule is CCOC(=O)[C@H](O)[C@@H](OC(=O)C1CC1)C(=O)OCC. The molecule has 1 aliphatic carbocycles. The van der Waals surface area contributed by atoms with Crippen LogP contribution < -0.4 is 0 Å². The summed E-state index contributed by atoms with van der Waals surface area (Å²) >= 11 is 0.